The van der Waals surface area contributed by atoms with Crippen LogP contribution in [0.4, 0.5) is 0 Å². The fourth-order valence-electron chi connectivity index (χ4n) is 2.90. The average Bonchev–Trinajstić information content (AvgIpc) is 2.92. The highest BCUT2D eigenvalue weighted by Gasteiger charge is 2.16. The highest BCUT2D eigenvalue weighted by atomic mass is 15.1. The number of hydrogen-bond donors (Lipinski definition) is 6. The Kier molecular flexibility index (Phi) is 54.7. The Bertz CT molecular complexity index is 588. The first kappa shape index (κ1) is 50.3. The molecule has 11 N–H and O–H groups in total. The standard InChI is InChI=1S/C13H27N9.C9H21N.4C2H6/c1-13(2,22-12(18)20-9-14)7-5-3-4-6-8-19-11(17)21-10(15)16;1-9(2)7-5-3-4-6-8-10;4*1-2/h3-8H2,1-2H3,(H3,18,20,22)(H6,15,16,17,19,21);9H,3-8,10H2,1-2H3;4*1-2H3. The van der Waals surface area contributed by atoms with Gasteiger partial charge in [0.15, 0.2) is 12.2 Å². The van der Waals surface area contributed by atoms with Crippen LogP contribution in [0.15, 0.2) is 15.0 Å². The predicted molar refractivity (Wildman–Crippen MR) is 182 cm³/mol. The molecule has 242 valence electrons. The van der Waals surface area contributed by atoms with E-state index in [9.17, 15) is 0 Å². The molecular weight excluding hydrogens is 500 g/mol. The summed E-state index contributed by atoms with van der Waals surface area (Å²) in [6, 6.07) is 0. The first-order valence-electron chi connectivity index (χ1n) is 15.6. The molecule has 0 saturated heterocycles. The van der Waals surface area contributed by atoms with Crippen LogP contribution in [-0.2, 0) is 0 Å². The zero-order valence-corrected chi connectivity index (χ0v) is 28.7. The van der Waals surface area contributed by atoms with Crippen molar-refractivity contribution in [2.45, 2.75) is 153 Å². The second-order valence-electron chi connectivity index (χ2n) is 8.87. The fourth-order valence-corrected chi connectivity index (χ4v) is 2.90. The van der Waals surface area contributed by atoms with Crippen LogP contribution in [-0.4, -0.2) is 36.5 Å². The molecule has 0 aliphatic rings. The molecule has 0 rings (SSSR count). The number of nitriles is 1. The third-order valence-electron chi connectivity index (χ3n) is 4.56. The zero-order valence-electron chi connectivity index (χ0n) is 28.7. The number of unbranched alkanes of at least 4 members (excludes halogenated alkanes) is 6. The lowest BCUT2D eigenvalue weighted by Crippen LogP contribution is -2.32. The van der Waals surface area contributed by atoms with Gasteiger partial charge in [-0.15, -0.1) is 0 Å². The first-order valence-corrected chi connectivity index (χ1v) is 15.6. The summed E-state index contributed by atoms with van der Waals surface area (Å²) in [5.74, 6) is 1.04. The van der Waals surface area contributed by atoms with Gasteiger partial charge in [-0.3, -0.25) is 10.3 Å². The van der Waals surface area contributed by atoms with E-state index in [4.69, 9.17) is 33.9 Å². The first-order chi connectivity index (χ1) is 19.0. The van der Waals surface area contributed by atoms with Crippen molar-refractivity contribution in [1.82, 2.24) is 5.32 Å². The van der Waals surface area contributed by atoms with Gasteiger partial charge in [0, 0.05) is 6.54 Å². The Balaban J connectivity index is -0.000000134. The lowest BCUT2D eigenvalue weighted by molar-refractivity contribution is 0.445. The molecule has 0 aromatic rings. The van der Waals surface area contributed by atoms with Crippen LogP contribution in [0.2, 0.25) is 0 Å². The van der Waals surface area contributed by atoms with Crippen molar-refractivity contribution in [2.24, 2.45) is 49.6 Å². The van der Waals surface area contributed by atoms with Crippen molar-refractivity contribution in [3.63, 3.8) is 0 Å². The van der Waals surface area contributed by atoms with Gasteiger partial charge in [0.1, 0.15) is 0 Å². The molecule has 0 heterocycles. The van der Waals surface area contributed by atoms with Gasteiger partial charge in [-0.1, -0.05) is 114 Å². The molecule has 10 heteroatoms. The van der Waals surface area contributed by atoms with Crippen molar-refractivity contribution < 1.29 is 0 Å². The van der Waals surface area contributed by atoms with Crippen LogP contribution < -0.4 is 34.0 Å². The Morgan fingerprint density at radius 1 is 0.775 bits per heavy atom. The maximum atomic E-state index is 8.45. The minimum atomic E-state index is -0.288. The van der Waals surface area contributed by atoms with Crippen LogP contribution in [0, 0.1) is 17.4 Å². The molecule has 0 unspecified atom stereocenters. The summed E-state index contributed by atoms with van der Waals surface area (Å²) < 4.78 is 0. The quantitative estimate of drug-likeness (QED) is 0.0457. The molecular formula is C30H72N10. The maximum absolute atomic E-state index is 8.45. The molecule has 0 aliphatic carbocycles. The number of hydrogen-bond acceptors (Lipinski definition) is 4. The molecule has 0 fully saturated rings. The van der Waals surface area contributed by atoms with E-state index in [-0.39, 0.29) is 23.4 Å². The van der Waals surface area contributed by atoms with Gasteiger partial charge in [0.05, 0.1) is 5.54 Å². The van der Waals surface area contributed by atoms with Crippen LogP contribution in [0.1, 0.15) is 147 Å². The van der Waals surface area contributed by atoms with E-state index in [2.05, 4.69) is 34.1 Å². The molecule has 0 amide bonds. The van der Waals surface area contributed by atoms with Gasteiger partial charge < -0.3 is 28.7 Å². The molecule has 0 atom stereocenters. The topological polar surface area (TPSA) is 203 Å². The lowest BCUT2D eigenvalue weighted by Gasteiger charge is -2.20. The molecule has 40 heavy (non-hydrogen) atoms. The smallest absolute Gasteiger partial charge is 0.218 e. The minimum Gasteiger partial charge on any atom is -0.370 e. The van der Waals surface area contributed by atoms with Gasteiger partial charge in [-0.05, 0) is 45.6 Å². The fraction of sp³-hybridized carbons (Fsp3) is 0.867. The molecule has 0 aromatic heterocycles. The number of rotatable bonds is 14. The number of guanidine groups is 3. The van der Waals surface area contributed by atoms with E-state index in [1.807, 2.05) is 69.2 Å². The molecule has 0 bridgehead atoms. The summed E-state index contributed by atoms with van der Waals surface area (Å²) in [6.45, 7) is 26.0. The normalized spacial score (nSPS) is 10.2. The van der Waals surface area contributed by atoms with Gasteiger partial charge in [0.2, 0.25) is 11.9 Å². The van der Waals surface area contributed by atoms with E-state index >= 15 is 0 Å². The predicted octanol–water partition coefficient (Wildman–Crippen LogP) is 6.35. The van der Waals surface area contributed by atoms with E-state index < -0.39 is 0 Å². The Labute approximate surface area is 250 Å². The summed E-state index contributed by atoms with van der Waals surface area (Å²) in [5.41, 5.74) is 26.5. The Morgan fingerprint density at radius 2 is 1.25 bits per heavy atom. The van der Waals surface area contributed by atoms with Crippen molar-refractivity contribution >= 4 is 17.9 Å². The molecule has 0 spiro atoms. The molecule has 0 radical (unpaired) electrons. The Morgan fingerprint density at radius 3 is 1.70 bits per heavy atom. The molecule has 0 aromatic carbocycles. The third-order valence-corrected chi connectivity index (χ3v) is 4.56. The SMILES string of the molecule is CC.CC.CC.CC.CC(C)(CCCCCCN=C(N)N=C(N)N)N=C(N)NC#N.CC(C)CCCCCCN. The number of aliphatic imine (C=N–C) groups is 3. The lowest BCUT2D eigenvalue weighted by atomic mass is 9.97. The third kappa shape index (κ3) is 55.8. The van der Waals surface area contributed by atoms with Gasteiger partial charge >= 0.3 is 0 Å². The maximum Gasteiger partial charge on any atom is 0.218 e. The zero-order chi connectivity index (χ0) is 32.8. The second-order valence-corrected chi connectivity index (χ2v) is 8.87. The monoisotopic (exact) mass is 573 g/mol. The van der Waals surface area contributed by atoms with E-state index in [0.717, 1.165) is 44.6 Å². The highest BCUT2D eigenvalue weighted by molar-refractivity contribution is 5.92. The van der Waals surface area contributed by atoms with Crippen molar-refractivity contribution in [1.29, 1.82) is 5.26 Å². The van der Waals surface area contributed by atoms with Gasteiger partial charge in [0.25, 0.3) is 0 Å². The average molecular weight is 573 g/mol. The molecule has 0 saturated carbocycles. The largest absolute Gasteiger partial charge is 0.370 e. The van der Waals surface area contributed by atoms with Crippen LogP contribution in [0.3, 0.4) is 0 Å². The summed E-state index contributed by atoms with van der Waals surface area (Å²) in [4.78, 5) is 11.9. The van der Waals surface area contributed by atoms with E-state index in [1.165, 1.54) is 32.1 Å². The van der Waals surface area contributed by atoms with Gasteiger partial charge in [-0.2, -0.15) is 10.3 Å². The minimum absolute atomic E-state index is 0.0887. The van der Waals surface area contributed by atoms with Crippen LogP contribution in [0.5, 0.6) is 0 Å². The van der Waals surface area contributed by atoms with Crippen molar-refractivity contribution in [2.75, 3.05) is 13.1 Å². The summed E-state index contributed by atoms with van der Waals surface area (Å²) in [7, 11) is 0. The Hall–Kier alpha value is -2.54. The van der Waals surface area contributed by atoms with Gasteiger partial charge in [-0.25, -0.2) is 4.99 Å². The van der Waals surface area contributed by atoms with Crippen LogP contribution >= 0.6 is 0 Å². The summed E-state index contributed by atoms with van der Waals surface area (Å²) in [6.07, 6.45) is 13.3. The van der Waals surface area contributed by atoms with E-state index in [1.54, 1.807) is 6.19 Å². The summed E-state index contributed by atoms with van der Waals surface area (Å²) >= 11 is 0. The highest BCUT2D eigenvalue weighted by Crippen LogP contribution is 2.18. The molecule has 0 aliphatic heterocycles. The number of nitrogens with two attached hydrogens (primary N) is 5. The number of nitrogens with one attached hydrogen (secondary N) is 1. The van der Waals surface area contributed by atoms with Crippen molar-refractivity contribution in [3.05, 3.63) is 0 Å². The molecule has 10 nitrogen and oxygen atoms in total. The summed E-state index contributed by atoms with van der Waals surface area (Å²) in [5, 5.41) is 10.8. The van der Waals surface area contributed by atoms with Crippen LogP contribution in [0.25, 0.3) is 0 Å². The second kappa shape index (κ2) is 43.5. The van der Waals surface area contributed by atoms with E-state index in [0.29, 0.717) is 6.54 Å². The number of nitrogens with zero attached hydrogens (tertiary/aromatic N) is 4. The van der Waals surface area contributed by atoms with Crippen molar-refractivity contribution in [3.8, 4) is 6.19 Å².